The van der Waals surface area contributed by atoms with Gasteiger partial charge in [-0.15, -0.1) is 0 Å². The van der Waals surface area contributed by atoms with Crippen molar-refractivity contribution >= 4 is 5.91 Å². The van der Waals surface area contributed by atoms with E-state index in [1.54, 1.807) is 6.07 Å². The molecule has 1 amide bonds. The van der Waals surface area contributed by atoms with Gasteiger partial charge in [0.1, 0.15) is 5.82 Å². The van der Waals surface area contributed by atoms with Crippen molar-refractivity contribution in [1.29, 1.82) is 0 Å². The number of piperazine rings is 1. The lowest BCUT2D eigenvalue weighted by molar-refractivity contribution is -0.136. The molecule has 2 heterocycles. The molecule has 1 aliphatic heterocycles. The Bertz CT molecular complexity index is 976. The number of hydrogen-bond acceptors (Lipinski definition) is 3. The summed E-state index contributed by atoms with van der Waals surface area (Å²) in [6.45, 7) is 4.63. The quantitative estimate of drug-likeness (QED) is 0.756. The molecule has 144 valence electrons. The first-order valence-corrected chi connectivity index (χ1v) is 9.38. The van der Waals surface area contributed by atoms with Crippen molar-refractivity contribution in [1.82, 2.24) is 20.0 Å². The van der Waals surface area contributed by atoms with Crippen LogP contribution in [0.2, 0.25) is 0 Å². The normalized spacial score (nSPS) is 15.2. The second-order valence-corrected chi connectivity index (χ2v) is 7.35. The fraction of sp³-hybridized carbons (Fsp3) is 0.273. The number of hydrogen-bond donors (Lipinski definition) is 1. The Balaban J connectivity index is 1.51. The van der Waals surface area contributed by atoms with Crippen LogP contribution in [-0.4, -0.2) is 52.6 Å². The number of benzene rings is 2. The lowest BCUT2D eigenvalue weighted by Crippen LogP contribution is -2.48. The molecule has 0 bridgehead atoms. The van der Waals surface area contributed by atoms with Crippen molar-refractivity contribution in [3.05, 3.63) is 65.5 Å². The monoisotopic (exact) mass is 378 g/mol. The fourth-order valence-corrected chi connectivity index (χ4v) is 3.57. The minimum absolute atomic E-state index is 0.162. The predicted molar refractivity (Wildman–Crippen MR) is 107 cm³/mol. The standard InChI is InChI=1S/C22H23FN4O/c1-15-4-3-5-18(23)22(15)20-12-19(24-25-20)17-8-6-16(7-9-17)13-27-11-10-26(2)14-21(27)28/h3-9,12H,10-11,13-14H2,1-2H3,(H,24,25). The highest BCUT2D eigenvalue weighted by molar-refractivity contribution is 5.79. The molecule has 1 saturated heterocycles. The van der Waals surface area contributed by atoms with Crippen LogP contribution in [0.5, 0.6) is 0 Å². The third kappa shape index (κ3) is 3.68. The summed E-state index contributed by atoms with van der Waals surface area (Å²) in [7, 11) is 1.96. The lowest BCUT2D eigenvalue weighted by atomic mass is 10.0. The average Bonchev–Trinajstić information content (AvgIpc) is 3.14. The van der Waals surface area contributed by atoms with Crippen LogP contribution in [0.25, 0.3) is 22.5 Å². The summed E-state index contributed by atoms with van der Waals surface area (Å²) >= 11 is 0. The van der Waals surface area contributed by atoms with E-state index in [2.05, 4.69) is 10.2 Å². The maximum absolute atomic E-state index is 14.2. The first-order chi connectivity index (χ1) is 13.5. The molecule has 2 aromatic carbocycles. The van der Waals surface area contributed by atoms with Gasteiger partial charge < -0.3 is 4.90 Å². The summed E-state index contributed by atoms with van der Waals surface area (Å²) in [5.41, 5.74) is 4.87. The maximum Gasteiger partial charge on any atom is 0.237 e. The van der Waals surface area contributed by atoms with Gasteiger partial charge in [-0.25, -0.2) is 4.39 Å². The molecule has 0 unspecified atom stereocenters. The lowest BCUT2D eigenvalue weighted by Gasteiger charge is -2.32. The van der Waals surface area contributed by atoms with Crippen molar-refractivity contribution in [2.45, 2.75) is 13.5 Å². The molecule has 1 N–H and O–H groups in total. The summed E-state index contributed by atoms with van der Waals surface area (Å²) in [6, 6.07) is 14.9. The summed E-state index contributed by atoms with van der Waals surface area (Å²) < 4.78 is 14.2. The number of nitrogens with one attached hydrogen (secondary N) is 1. The van der Waals surface area contributed by atoms with Gasteiger partial charge in [0.25, 0.3) is 0 Å². The molecule has 0 spiro atoms. The molecule has 3 aromatic rings. The number of H-pyrrole nitrogens is 1. The number of amides is 1. The van der Waals surface area contributed by atoms with E-state index < -0.39 is 0 Å². The van der Waals surface area contributed by atoms with E-state index in [0.717, 1.165) is 35.5 Å². The third-order valence-corrected chi connectivity index (χ3v) is 5.20. The second kappa shape index (κ2) is 7.56. The van der Waals surface area contributed by atoms with Crippen LogP contribution in [0.1, 0.15) is 11.1 Å². The van der Waals surface area contributed by atoms with Gasteiger partial charge in [-0.1, -0.05) is 36.4 Å². The van der Waals surface area contributed by atoms with Crippen molar-refractivity contribution in [2.24, 2.45) is 0 Å². The van der Waals surface area contributed by atoms with Crippen molar-refractivity contribution in [2.75, 3.05) is 26.7 Å². The van der Waals surface area contributed by atoms with E-state index >= 15 is 0 Å². The minimum atomic E-state index is -0.262. The molecule has 0 atom stereocenters. The zero-order valence-corrected chi connectivity index (χ0v) is 16.1. The van der Waals surface area contributed by atoms with Crippen molar-refractivity contribution < 1.29 is 9.18 Å². The number of aromatic amines is 1. The molecule has 1 aromatic heterocycles. The van der Waals surface area contributed by atoms with E-state index in [0.29, 0.717) is 24.3 Å². The summed E-state index contributed by atoms with van der Waals surface area (Å²) in [6.07, 6.45) is 0. The fourth-order valence-electron chi connectivity index (χ4n) is 3.57. The molecule has 5 nitrogen and oxygen atoms in total. The summed E-state index contributed by atoms with van der Waals surface area (Å²) in [4.78, 5) is 16.1. The Labute approximate surface area is 163 Å². The number of aromatic nitrogens is 2. The molecule has 0 radical (unpaired) electrons. The zero-order valence-electron chi connectivity index (χ0n) is 16.1. The highest BCUT2D eigenvalue weighted by Crippen LogP contribution is 2.28. The first-order valence-electron chi connectivity index (χ1n) is 9.38. The van der Waals surface area contributed by atoms with Crippen LogP contribution >= 0.6 is 0 Å². The van der Waals surface area contributed by atoms with Gasteiger partial charge in [0.05, 0.1) is 17.9 Å². The van der Waals surface area contributed by atoms with Crippen molar-refractivity contribution in [3.8, 4) is 22.5 Å². The Morgan fingerprint density at radius 3 is 2.64 bits per heavy atom. The van der Waals surface area contributed by atoms with Crippen molar-refractivity contribution in [3.63, 3.8) is 0 Å². The van der Waals surface area contributed by atoms with Gasteiger partial charge in [0, 0.05) is 30.8 Å². The Morgan fingerprint density at radius 1 is 1.14 bits per heavy atom. The third-order valence-electron chi connectivity index (χ3n) is 5.20. The van der Waals surface area contributed by atoms with Gasteiger partial charge in [-0.2, -0.15) is 5.10 Å². The molecule has 1 aliphatic rings. The zero-order chi connectivity index (χ0) is 19.7. The predicted octanol–water partition coefficient (Wildman–Crippen LogP) is 3.47. The molecule has 4 rings (SSSR count). The maximum atomic E-state index is 14.2. The van der Waals surface area contributed by atoms with Gasteiger partial charge in [-0.05, 0) is 37.2 Å². The SMILES string of the molecule is Cc1cccc(F)c1-c1cc(-c2ccc(CN3CCN(C)CC3=O)cc2)n[nH]1. The Kier molecular flexibility index (Phi) is 4.96. The van der Waals surface area contributed by atoms with E-state index in [9.17, 15) is 9.18 Å². The number of nitrogens with zero attached hydrogens (tertiary/aromatic N) is 3. The summed E-state index contributed by atoms with van der Waals surface area (Å²) in [5.74, 6) is -0.0996. The second-order valence-electron chi connectivity index (χ2n) is 7.35. The first kappa shape index (κ1) is 18.4. The molecular weight excluding hydrogens is 355 g/mol. The van der Waals surface area contributed by atoms with Crippen LogP contribution in [0.15, 0.2) is 48.5 Å². The average molecular weight is 378 g/mol. The smallest absolute Gasteiger partial charge is 0.237 e. The number of aryl methyl sites for hydroxylation is 1. The molecule has 1 fully saturated rings. The van der Waals surface area contributed by atoms with Crippen LogP contribution in [0.4, 0.5) is 4.39 Å². The number of rotatable bonds is 4. The van der Waals surface area contributed by atoms with Crippen LogP contribution in [0, 0.1) is 12.7 Å². The van der Waals surface area contributed by atoms with E-state index in [1.165, 1.54) is 6.07 Å². The highest BCUT2D eigenvalue weighted by atomic mass is 19.1. The van der Waals surface area contributed by atoms with E-state index in [4.69, 9.17) is 0 Å². The minimum Gasteiger partial charge on any atom is -0.336 e. The van der Waals surface area contributed by atoms with Gasteiger partial charge in [0.15, 0.2) is 0 Å². The molecule has 28 heavy (non-hydrogen) atoms. The Morgan fingerprint density at radius 2 is 1.93 bits per heavy atom. The number of carbonyl (C=O) groups is 1. The van der Waals surface area contributed by atoms with E-state index in [-0.39, 0.29) is 11.7 Å². The molecule has 0 aliphatic carbocycles. The van der Waals surface area contributed by atoms with Gasteiger partial charge in [0.2, 0.25) is 5.91 Å². The molecule has 0 saturated carbocycles. The Hall–Kier alpha value is -2.99. The molecular formula is C22H23FN4O. The van der Waals surface area contributed by atoms with Gasteiger partial charge >= 0.3 is 0 Å². The summed E-state index contributed by atoms with van der Waals surface area (Å²) in [5, 5.41) is 7.29. The van der Waals surface area contributed by atoms with E-state index in [1.807, 2.05) is 60.2 Å². The highest BCUT2D eigenvalue weighted by Gasteiger charge is 2.21. The molecule has 6 heteroatoms. The van der Waals surface area contributed by atoms with Gasteiger partial charge in [-0.3, -0.25) is 14.8 Å². The number of carbonyl (C=O) groups excluding carboxylic acids is 1. The van der Waals surface area contributed by atoms with Crippen LogP contribution in [-0.2, 0) is 11.3 Å². The topological polar surface area (TPSA) is 52.2 Å². The largest absolute Gasteiger partial charge is 0.336 e. The number of likely N-dealkylation sites (N-methyl/N-ethyl adjacent to an activating group) is 1. The number of halogens is 1. The van der Waals surface area contributed by atoms with Crippen LogP contribution in [0.3, 0.4) is 0 Å². The van der Waals surface area contributed by atoms with Crippen LogP contribution < -0.4 is 0 Å².